The number of benzene rings is 2. The standard InChI is InChI=1S/C14H17NO/c1-15(2)10-14(16)13-9-5-7-11-6-3-4-8-12(11)13/h3-9,14,16H,10H2,1-2H3/t14-/m0/s1. The van der Waals surface area contributed by atoms with Gasteiger partial charge in [0.1, 0.15) is 0 Å². The van der Waals surface area contributed by atoms with Crippen molar-refractivity contribution < 1.29 is 5.11 Å². The minimum absolute atomic E-state index is 0.430. The van der Waals surface area contributed by atoms with E-state index in [1.165, 1.54) is 5.39 Å². The Labute approximate surface area is 96.1 Å². The molecule has 0 saturated heterocycles. The summed E-state index contributed by atoms with van der Waals surface area (Å²) in [6.45, 7) is 0.647. The predicted octanol–water partition coefficient (Wildman–Crippen LogP) is 2.43. The van der Waals surface area contributed by atoms with Crippen molar-refractivity contribution in [1.29, 1.82) is 0 Å². The zero-order valence-corrected chi connectivity index (χ0v) is 9.72. The van der Waals surface area contributed by atoms with Gasteiger partial charge in [0.25, 0.3) is 0 Å². The molecule has 16 heavy (non-hydrogen) atoms. The van der Waals surface area contributed by atoms with Crippen molar-refractivity contribution >= 4 is 10.8 Å². The maximum atomic E-state index is 10.1. The van der Waals surface area contributed by atoms with Gasteiger partial charge >= 0.3 is 0 Å². The average Bonchev–Trinajstić information content (AvgIpc) is 2.27. The molecule has 0 aliphatic heterocycles. The van der Waals surface area contributed by atoms with Crippen LogP contribution in [-0.4, -0.2) is 30.6 Å². The zero-order valence-electron chi connectivity index (χ0n) is 9.72. The molecule has 0 amide bonds. The van der Waals surface area contributed by atoms with E-state index < -0.39 is 6.10 Å². The van der Waals surface area contributed by atoms with E-state index in [0.717, 1.165) is 10.9 Å². The summed E-state index contributed by atoms with van der Waals surface area (Å²) < 4.78 is 0. The Kier molecular flexibility index (Phi) is 3.22. The molecule has 1 atom stereocenters. The smallest absolute Gasteiger partial charge is 0.0922 e. The lowest BCUT2D eigenvalue weighted by atomic mass is 10.0. The summed E-state index contributed by atoms with van der Waals surface area (Å²) in [5, 5.41) is 12.5. The zero-order chi connectivity index (χ0) is 11.5. The van der Waals surface area contributed by atoms with Gasteiger partial charge in [-0.2, -0.15) is 0 Å². The predicted molar refractivity (Wildman–Crippen MR) is 67.5 cm³/mol. The Morgan fingerprint density at radius 2 is 1.75 bits per heavy atom. The fraction of sp³-hybridized carbons (Fsp3) is 0.286. The van der Waals surface area contributed by atoms with Crippen LogP contribution in [0, 0.1) is 0 Å². The number of rotatable bonds is 3. The highest BCUT2D eigenvalue weighted by Gasteiger charge is 2.11. The van der Waals surface area contributed by atoms with Crippen molar-refractivity contribution in [3.05, 3.63) is 48.0 Å². The molecule has 0 spiro atoms. The van der Waals surface area contributed by atoms with Crippen molar-refractivity contribution in [1.82, 2.24) is 4.90 Å². The highest BCUT2D eigenvalue weighted by molar-refractivity contribution is 5.85. The van der Waals surface area contributed by atoms with E-state index in [1.807, 2.05) is 43.3 Å². The van der Waals surface area contributed by atoms with Crippen molar-refractivity contribution in [2.24, 2.45) is 0 Å². The summed E-state index contributed by atoms with van der Waals surface area (Å²) in [4.78, 5) is 1.99. The summed E-state index contributed by atoms with van der Waals surface area (Å²) >= 11 is 0. The van der Waals surface area contributed by atoms with Crippen LogP contribution in [0.3, 0.4) is 0 Å². The fourth-order valence-corrected chi connectivity index (χ4v) is 1.99. The van der Waals surface area contributed by atoms with Gasteiger partial charge < -0.3 is 10.0 Å². The van der Waals surface area contributed by atoms with Crippen LogP contribution in [0.25, 0.3) is 10.8 Å². The highest BCUT2D eigenvalue weighted by atomic mass is 16.3. The van der Waals surface area contributed by atoms with Gasteiger partial charge in [-0.25, -0.2) is 0 Å². The first-order valence-electron chi connectivity index (χ1n) is 5.49. The number of fused-ring (bicyclic) bond motifs is 1. The van der Waals surface area contributed by atoms with E-state index in [2.05, 4.69) is 18.2 Å². The third-order valence-corrected chi connectivity index (χ3v) is 2.72. The van der Waals surface area contributed by atoms with E-state index >= 15 is 0 Å². The number of hydrogen-bond acceptors (Lipinski definition) is 2. The molecule has 0 fully saturated rings. The SMILES string of the molecule is CN(C)C[C@H](O)c1cccc2ccccc12. The lowest BCUT2D eigenvalue weighted by Crippen LogP contribution is -2.20. The Morgan fingerprint density at radius 3 is 2.50 bits per heavy atom. The molecule has 2 aromatic carbocycles. The highest BCUT2D eigenvalue weighted by Crippen LogP contribution is 2.24. The normalized spacial score (nSPS) is 13.2. The molecule has 0 heterocycles. The maximum Gasteiger partial charge on any atom is 0.0922 e. The first-order valence-corrected chi connectivity index (χ1v) is 5.49. The lowest BCUT2D eigenvalue weighted by Gasteiger charge is -2.17. The van der Waals surface area contributed by atoms with E-state index in [9.17, 15) is 5.11 Å². The van der Waals surface area contributed by atoms with Crippen LogP contribution >= 0.6 is 0 Å². The second-order valence-electron chi connectivity index (χ2n) is 4.35. The molecule has 84 valence electrons. The molecule has 0 aliphatic carbocycles. The minimum Gasteiger partial charge on any atom is -0.387 e. The van der Waals surface area contributed by atoms with Gasteiger partial charge in [0.05, 0.1) is 6.10 Å². The van der Waals surface area contributed by atoms with Crippen molar-refractivity contribution in [3.63, 3.8) is 0 Å². The van der Waals surface area contributed by atoms with Gasteiger partial charge in [0.15, 0.2) is 0 Å². The van der Waals surface area contributed by atoms with Crippen LogP contribution in [0.5, 0.6) is 0 Å². The minimum atomic E-state index is -0.430. The van der Waals surface area contributed by atoms with Crippen LogP contribution in [0.4, 0.5) is 0 Å². The fourth-order valence-electron chi connectivity index (χ4n) is 1.99. The topological polar surface area (TPSA) is 23.5 Å². The van der Waals surface area contributed by atoms with Crippen molar-refractivity contribution in [2.75, 3.05) is 20.6 Å². The van der Waals surface area contributed by atoms with E-state index in [1.54, 1.807) is 0 Å². The number of likely N-dealkylation sites (N-methyl/N-ethyl adjacent to an activating group) is 1. The van der Waals surface area contributed by atoms with Crippen LogP contribution < -0.4 is 0 Å². The molecule has 2 aromatic rings. The number of aliphatic hydroxyl groups is 1. The number of hydrogen-bond donors (Lipinski definition) is 1. The van der Waals surface area contributed by atoms with E-state index in [-0.39, 0.29) is 0 Å². The average molecular weight is 215 g/mol. The lowest BCUT2D eigenvalue weighted by molar-refractivity contribution is 0.140. The molecule has 2 nitrogen and oxygen atoms in total. The molecule has 0 aromatic heterocycles. The summed E-state index contributed by atoms with van der Waals surface area (Å²) in [6.07, 6.45) is -0.430. The monoisotopic (exact) mass is 215 g/mol. The van der Waals surface area contributed by atoms with Gasteiger partial charge in [-0.1, -0.05) is 42.5 Å². The molecule has 0 bridgehead atoms. The quantitative estimate of drug-likeness (QED) is 0.850. The van der Waals surface area contributed by atoms with Gasteiger partial charge in [-0.05, 0) is 30.4 Å². The van der Waals surface area contributed by atoms with Gasteiger partial charge in [0, 0.05) is 6.54 Å². The molecule has 1 N–H and O–H groups in total. The first-order chi connectivity index (χ1) is 7.68. The summed E-state index contributed by atoms with van der Waals surface area (Å²) in [7, 11) is 3.93. The summed E-state index contributed by atoms with van der Waals surface area (Å²) in [5.41, 5.74) is 1.01. The summed E-state index contributed by atoms with van der Waals surface area (Å²) in [5.74, 6) is 0. The molecule has 2 rings (SSSR count). The number of nitrogens with zero attached hydrogens (tertiary/aromatic N) is 1. The van der Waals surface area contributed by atoms with Gasteiger partial charge in [-0.3, -0.25) is 0 Å². The van der Waals surface area contributed by atoms with Gasteiger partial charge in [-0.15, -0.1) is 0 Å². The molecule has 0 radical (unpaired) electrons. The Balaban J connectivity index is 2.44. The second kappa shape index (κ2) is 4.64. The van der Waals surface area contributed by atoms with E-state index in [0.29, 0.717) is 6.54 Å². The van der Waals surface area contributed by atoms with Crippen molar-refractivity contribution in [2.45, 2.75) is 6.10 Å². The summed E-state index contributed by atoms with van der Waals surface area (Å²) in [6, 6.07) is 14.2. The third-order valence-electron chi connectivity index (χ3n) is 2.72. The molecule has 2 heteroatoms. The second-order valence-corrected chi connectivity index (χ2v) is 4.35. The van der Waals surface area contributed by atoms with Crippen LogP contribution in [-0.2, 0) is 0 Å². The first kappa shape index (κ1) is 11.1. The van der Waals surface area contributed by atoms with Crippen LogP contribution in [0.15, 0.2) is 42.5 Å². The maximum absolute atomic E-state index is 10.1. The van der Waals surface area contributed by atoms with Crippen LogP contribution in [0.1, 0.15) is 11.7 Å². The largest absolute Gasteiger partial charge is 0.387 e. The van der Waals surface area contributed by atoms with Crippen molar-refractivity contribution in [3.8, 4) is 0 Å². The molecule has 0 saturated carbocycles. The Bertz CT molecular complexity index is 474. The Hall–Kier alpha value is -1.38. The molecule has 0 unspecified atom stereocenters. The van der Waals surface area contributed by atoms with Gasteiger partial charge in [0.2, 0.25) is 0 Å². The molecule has 0 aliphatic rings. The number of aliphatic hydroxyl groups excluding tert-OH is 1. The third kappa shape index (κ3) is 2.23. The molecular weight excluding hydrogens is 198 g/mol. The van der Waals surface area contributed by atoms with E-state index in [4.69, 9.17) is 0 Å². The van der Waals surface area contributed by atoms with Crippen LogP contribution in [0.2, 0.25) is 0 Å². The Morgan fingerprint density at radius 1 is 1.06 bits per heavy atom. The molecular formula is C14H17NO.